The van der Waals surface area contributed by atoms with Gasteiger partial charge in [-0.1, -0.05) is 24.3 Å². The lowest BCUT2D eigenvalue weighted by Crippen LogP contribution is -2.29. The topological polar surface area (TPSA) is 95.3 Å². The monoisotopic (exact) mass is 430 g/mol. The number of ether oxygens (including phenoxy) is 2. The third kappa shape index (κ3) is 4.44. The Morgan fingerprint density at radius 2 is 1.66 bits per heavy atom. The molecule has 0 aliphatic heterocycles. The van der Waals surface area contributed by atoms with Gasteiger partial charge in [0.25, 0.3) is 11.5 Å². The predicted octanol–water partition coefficient (Wildman–Crippen LogP) is 2.79. The predicted molar refractivity (Wildman–Crippen MR) is 120 cm³/mol. The standard InChI is InChI=1S/C24H22N4O4/c1-31-18-11-16(12-19(13-18)32-2)23(29)26-14-22-20-8-3-4-9-21(20)24(30)28(27-22)15-17-7-5-6-10-25-17/h3-13H,14-15H2,1-2H3,(H,26,29). The van der Waals surface area contributed by atoms with Crippen LogP contribution in [0.15, 0.2) is 71.7 Å². The summed E-state index contributed by atoms with van der Waals surface area (Å²) in [6, 6.07) is 17.7. The zero-order valence-corrected chi connectivity index (χ0v) is 17.7. The molecule has 0 radical (unpaired) electrons. The second-order valence-corrected chi connectivity index (χ2v) is 7.06. The molecule has 0 saturated carbocycles. The van der Waals surface area contributed by atoms with Crippen molar-refractivity contribution in [1.29, 1.82) is 0 Å². The second kappa shape index (κ2) is 9.30. The molecule has 0 atom stereocenters. The maximum Gasteiger partial charge on any atom is 0.275 e. The van der Waals surface area contributed by atoms with Gasteiger partial charge in [-0.15, -0.1) is 0 Å². The number of pyridine rings is 1. The summed E-state index contributed by atoms with van der Waals surface area (Å²) in [4.78, 5) is 30.0. The van der Waals surface area contributed by atoms with E-state index in [1.54, 1.807) is 36.5 Å². The van der Waals surface area contributed by atoms with E-state index in [9.17, 15) is 9.59 Å². The van der Waals surface area contributed by atoms with E-state index in [-0.39, 0.29) is 24.6 Å². The van der Waals surface area contributed by atoms with Gasteiger partial charge in [-0.05, 0) is 30.3 Å². The Morgan fingerprint density at radius 1 is 0.969 bits per heavy atom. The Hall–Kier alpha value is -4.20. The summed E-state index contributed by atoms with van der Waals surface area (Å²) in [6.07, 6.45) is 1.67. The van der Waals surface area contributed by atoms with Crippen LogP contribution in [0.1, 0.15) is 21.7 Å². The summed E-state index contributed by atoms with van der Waals surface area (Å²) < 4.78 is 11.8. The molecule has 2 aromatic heterocycles. The number of nitrogens with zero attached hydrogens (tertiary/aromatic N) is 3. The van der Waals surface area contributed by atoms with Gasteiger partial charge < -0.3 is 14.8 Å². The number of amides is 1. The van der Waals surface area contributed by atoms with Crippen LogP contribution >= 0.6 is 0 Å². The molecule has 2 aromatic carbocycles. The highest BCUT2D eigenvalue weighted by atomic mass is 16.5. The van der Waals surface area contributed by atoms with Gasteiger partial charge in [0.05, 0.1) is 44.1 Å². The van der Waals surface area contributed by atoms with E-state index >= 15 is 0 Å². The Kier molecular flexibility index (Phi) is 6.12. The number of aromatic nitrogens is 3. The molecule has 2 heterocycles. The van der Waals surface area contributed by atoms with Crippen molar-refractivity contribution in [3.63, 3.8) is 0 Å². The summed E-state index contributed by atoms with van der Waals surface area (Å²) in [7, 11) is 3.05. The van der Waals surface area contributed by atoms with Crippen molar-refractivity contribution >= 4 is 16.7 Å². The van der Waals surface area contributed by atoms with Crippen LogP contribution in [0.5, 0.6) is 11.5 Å². The van der Waals surface area contributed by atoms with E-state index in [0.29, 0.717) is 33.5 Å². The van der Waals surface area contributed by atoms with E-state index in [0.717, 1.165) is 5.69 Å². The first-order chi connectivity index (χ1) is 15.6. The van der Waals surface area contributed by atoms with Gasteiger partial charge in [0.2, 0.25) is 0 Å². The molecule has 4 rings (SSSR count). The zero-order chi connectivity index (χ0) is 22.5. The molecule has 0 unspecified atom stereocenters. The van der Waals surface area contributed by atoms with Crippen LogP contribution in [0.2, 0.25) is 0 Å². The molecule has 8 nitrogen and oxygen atoms in total. The largest absolute Gasteiger partial charge is 0.497 e. The molecule has 1 amide bonds. The number of hydrogen-bond acceptors (Lipinski definition) is 6. The van der Waals surface area contributed by atoms with Crippen LogP contribution in [0.4, 0.5) is 0 Å². The van der Waals surface area contributed by atoms with Crippen LogP contribution in [0.3, 0.4) is 0 Å². The molecule has 0 aliphatic rings. The van der Waals surface area contributed by atoms with E-state index in [4.69, 9.17) is 9.47 Å². The van der Waals surface area contributed by atoms with Crippen molar-refractivity contribution in [2.45, 2.75) is 13.1 Å². The van der Waals surface area contributed by atoms with Gasteiger partial charge in [0.1, 0.15) is 11.5 Å². The van der Waals surface area contributed by atoms with Crippen molar-refractivity contribution in [2.24, 2.45) is 0 Å². The van der Waals surface area contributed by atoms with E-state index in [1.807, 2.05) is 30.3 Å². The Morgan fingerprint density at radius 3 is 2.31 bits per heavy atom. The molecule has 8 heteroatoms. The number of hydrogen-bond donors (Lipinski definition) is 1. The lowest BCUT2D eigenvalue weighted by molar-refractivity contribution is 0.0949. The van der Waals surface area contributed by atoms with Crippen LogP contribution in [0, 0.1) is 0 Å². The minimum Gasteiger partial charge on any atom is -0.497 e. The van der Waals surface area contributed by atoms with Crippen molar-refractivity contribution in [3.05, 3.63) is 94.2 Å². The average molecular weight is 430 g/mol. The van der Waals surface area contributed by atoms with Crippen LogP contribution in [-0.2, 0) is 13.1 Å². The first-order valence-electron chi connectivity index (χ1n) is 9.99. The summed E-state index contributed by atoms with van der Waals surface area (Å²) in [5.74, 6) is 0.722. The van der Waals surface area contributed by atoms with Gasteiger partial charge in [0, 0.05) is 23.2 Å². The van der Waals surface area contributed by atoms with E-state index < -0.39 is 0 Å². The lowest BCUT2D eigenvalue weighted by atomic mass is 10.1. The SMILES string of the molecule is COc1cc(OC)cc(C(=O)NCc2nn(Cc3ccccn3)c(=O)c3ccccc23)c1. The van der Waals surface area contributed by atoms with Crippen molar-refractivity contribution in [2.75, 3.05) is 14.2 Å². The first kappa shape index (κ1) is 21.0. The molecule has 1 N–H and O–H groups in total. The van der Waals surface area contributed by atoms with Gasteiger partial charge >= 0.3 is 0 Å². The molecule has 0 spiro atoms. The van der Waals surface area contributed by atoms with Crippen molar-refractivity contribution in [3.8, 4) is 11.5 Å². The molecule has 0 aliphatic carbocycles. The molecule has 0 bridgehead atoms. The second-order valence-electron chi connectivity index (χ2n) is 7.06. The molecule has 0 fully saturated rings. The zero-order valence-electron chi connectivity index (χ0n) is 17.7. The van der Waals surface area contributed by atoms with Crippen LogP contribution in [0.25, 0.3) is 10.8 Å². The third-order valence-corrected chi connectivity index (χ3v) is 5.01. The maximum absolute atomic E-state index is 12.9. The van der Waals surface area contributed by atoms with E-state index in [1.165, 1.54) is 18.9 Å². The number of carbonyl (C=O) groups is 1. The summed E-state index contributed by atoms with van der Waals surface area (Å²) in [6.45, 7) is 0.375. The molecule has 162 valence electrons. The Balaban J connectivity index is 1.65. The normalized spacial score (nSPS) is 10.7. The number of nitrogens with one attached hydrogen (secondary N) is 1. The molecular weight excluding hydrogens is 408 g/mol. The highest BCUT2D eigenvalue weighted by Crippen LogP contribution is 2.22. The lowest BCUT2D eigenvalue weighted by Gasteiger charge is -2.12. The fourth-order valence-electron chi connectivity index (χ4n) is 3.39. The van der Waals surface area contributed by atoms with Crippen LogP contribution in [-0.4, -0.2) is 34.9 Å². The maximum atomic E-state index is 12.9. The highest BCUT2D eigenvalue weighted by molar-refractivity contribution is 5.95. The highest BCUT2D eigenvalue weighted by Gasteiger charge is 2.14. The Bertz CT molecular complexity index is 1300. The minimum atomic E-state index is -0.310. The first-order valence-corrected chi connectivity index (χ1v) is 9.99. The fraction of sp³-hybridized carbons (Fsp3) is 0.167. The fourth-order valence-corrected chi connectivity index (χ4v) is 3.39. The van der Waals surface area contributed by atoms with Gasteiger partial charge in [-0.3, -0.25) is 14.6 Å². The number of methoxy groups -OCH3 is 2. The Labute approximate surface area is 184 Å². The molecule has 32 heavy (non-hydrogen) atoms. The molecule has 4 aromatic rings. The number of rotatable bonds is 7. The smallest absolute Gasteiger partial charge is 0.275 e. The number of carbonyl (C=O) groups excluding carboxylic acids is 1. The van der Waals surface area contributed by atoms with Crippen LogP contribution < -0.4 is 20.3 Å². The van der Waals surface area contributed by atoms with Gasteiger partial charge in [-0.25, -0.2) is 4.68 Å². The van der Waals surface area contributed by atoms with Gasteiger partial charge in [-0.2, -0.15) is 5.10 Å². The minimum absolute atomic E-state index is 0.140. The van der Waals surface area contributed by atoms with E-state index in [2.05, 4.69) is 15.4 Å². The summed E-state index contributed by atoms with van der Waals surface area (Å²) in [5, 5.41) is 8.63. The van der Waals surface area contributed by atoms with Gasteiger partial charge in [0.15, 0.2) is 0 Å². The molecule has 0 saturated heterocycles. The quantitative estimate of drug-likeness (QED) is 0.484. The molecular formula is C24H22N4O4. The number of fused-ring (bicyclic) bond motifs is 1. The number of benzene rings is 2. The third-order valence-electron chi connectivity index (χ3n) is 5.01. The average Bonchev–Trinajstić information content (AvgIpc) is 2.85. The van der Waals surface area contributed by atoms with Crippen molar-refractivity contribution < 1.29 is 14.3 Å². The summed E-state index contributed by atoms with van der Waals surface area (Å²) >= 11 is 0. The van der Waals surface area contributed by atoms with Crippen molar-refractivity contribution in [1.82, 2.24) is 20.1 Å². The summed E-state index contributed by atoms with van der Waals surface area (Å²) in [5.41, 5.74) is 1.49.